The quantitative estimate of drug-likeness (QED) is 0.828. The Morgan fingerprint density at radius 2 is 1.67 bits per heavy atom. The third-order valence-electron chi connectivity index (χ3n) is 3.88. The van der Waals surface area contributed by atoms with Crippen LogP contribution in [-0.4, -0.2) is 6.54 Å². The molecule has 0 amide bonds. The monoisotopic (exact) mass is 305 g/mol. The molecule has 0 fully saturated rings. The van der Waals surface area contributed by atoms with Gasteiger partial charge in [0, 0.05) is 5.02 Å². The van der Waals surface area contributed by atoms with Gasteiger partial charge < -0.3 is 5.32 Å². The summed E-state index contributed by atoms with van der Waals surface area (Å²) in [5.41, 5.74) is 5.40. The van der Waals surface area contributed by atoms with E-state index in [2.05, 4.69) is 32.2 Å². The maximum Gasteiger partial charge on any atom is 0.123 e. The first-order valence-electron chi connectivity index (χ1n) is 7.20. The smallest absolute Gasteiger partial charge is 0.123 e. The molecule has 0 saturated carbocycles. The lowest BCUT2D eigenvalue weighted by Gasteiger charge is -2.23. The van der Waals surface area contributed by atoms with Crippen molar-refractivity contribution in [2.45, 2.75) is 33.7 Å². The summed E-state index contributed by atoms with van der Waals surface area (Å²) < 4.78 is 13.3. The van der Waals surface area contributed by atoms with Crippen molar-refractivity contribution in [3.63, 3.8) is 0 Å². The molecule has 3 heteroatoms. The number of hydrogen-bond acceptors (Lipinski definition) is 1. The Kier molecular flexibility index (Phi) is 5.02. The Bertz CT molecular complexity index is 652. The van der Waals surface area contributed by atoms with E-state index in [1.54, 1.807) is 6.07 Å². The molecule has 2 aromatic carbocycles. The predicted octanol–water partition coefficient (Wildman–Crippen LogP) is 5.10. The van der Waals surface area contributed by atoms with Crippen LogP contribution in [-0.2, 0) is 0 Å². The Labute approximate surface area is 131 Å². The molecule has 0 radical (unpaired) electrons. The summed E-state index contributed by atoms with van der Waals surface area (Å²) in [6, 6.07) is 8.99. The molecule has 0 aliphatic rings. The summed E-state index contributed by atoms with van der Waals surface area (Å²) in [6.07, 6.45) is 0. The van der Waals surface area contributed by atoms with Crippen LogP contribution in [0.2, 0.25) is 5.02 Å². The van der Waals surface area contributed by atoms with Gasteiger partial charge in [-0.05, 0) is 73.3 Å². The lowest BCUT2D eigenvalue weighted by atomic mass is 9.92. The molecule has 1 unspecified atom stereocenters. The van der Waals surface area contributed by atoms with Gasteiger partial charge in [0.1, 0.15) is 5.82 Å². The summed E-state index contributed by atoms with van der Waals surface area (Å²) in [5.74, 6) is -0.210. The Balaban J connectivity index is 2.55. The highest BCUT2D eigenvalue weighted by Crippen LogP contribution is 2.32. The highest BCUT2D eigenvalue weighted by atomic mass is 35.5. The molecule has 0 spiro atoms. The summed E-state index contributed by atoms with van der Waals surface area (Å²) in [7, 11) is 0. The second-order valence-electron chi connectivity index (χ2n) is 5.45. The number of aryl methyl sites for hydroxylation is 3. The average Bonchev–Trinajstić information content (AvgIpc) is 2.41. The molecular formula is C18H21ClFN. The van der Waals surface area contributed by atoms with Crippen LogP contribution in [0.25, 0.3) is 0 Å². The average molecular weight is 306 g/mol. The summed E-state index contributed by atoms with van der Waals surface area (Å²) >= 11 is 6.45. The van der Waals surface area contributed by atoms with Crippen LogP contribution in [0.5, 0.6) is 0 Å². The van der Waals surface area contributed by atoms with E-state index >= 15 is 0 Å². The van der Waals surface area contributed by atoms with Crippen molar-refractivity contribution < 1.29 is 4.39 Å². The van der Waals surface area contributed by atoms with Crippen molar-refractivity contribution >= 4 is 11.6 Å². The molecule has 2 rings (SSSR count). The number of nitrogens with one attached hydrogen (secondary N) is 1. The van der Waals surface area contributed by atoms with Crippen LogP contribution in [0, 0.1) is 26.6 Å². The van der Waals surface area contributed by atoms with Crippen LogP contribution in [0.4, 0.5) is 4.39 Å². The molecule has 1 N–H and O–H groups in total. The molecule has 21 heavy (non-hydrogen) atoms. The highest BCUT2D eigenvalue weighted by molar-refractivity contribution is 6.31. The van der Waals surface area contributed by atoms with Crippen molar-refractivity contribution in [3.05, 3.63) is 69.0 Å². The van der Waals surface area contributed by atoms with Gasteiger partial charge in [-0.25, -0.2) is 4.39 Å². The maximum absolute atomic E-state index is 13.3. The number of rotatable bonds is 4. The van der Waals surface area contributed by atoms with Gasteiger partial charge in [0.15, 0.2) is 0 Å². The van der Waals surface area contributed by atoms with Crippen molar-refractivity contribution in [2.24, 2.45) is 0 Å². The topological polar surface area (TPSA) is 12.0 Å². The minimum Gasteiger partial charge on any atom is -0.306 e. The van der Waals surface area contributed by atoms with E-state index in [1.807, 2.05) is 19.1 Å². The van der Waals surface area contributed by atoms with Crippen LogP contribution >= 0.6 is 11.6 Å². The van der Waals surface area contributed by atoms with Crippen molar-refractivity contribution in [1.82, 2.24) is 5.32 Å². The third kappa shape index (κ3) is 3.45. The molecule has 112 valence electrons. The molecular weight excluding hydrogens is 285 g/mol. The summed E-state index contributed by atoms with van der Waals surface area (Å²) in [6.45, 7) is 8.93. The van der Waals surface area contributed by atoms with Gasteiger partial charge in [-0.15, -0.1) is 0 Å². The highest BCUT2D eigenvalue weighted by Gasteiger charge is 2.19. The van der Waals surface area contributed by atoms with Crippen LogP contribution in [0.15, 0.2) is 30.3 Å². The minimum absolute atomic E-state index is 0.0256. The van der Waals surface area contributed by atoms with E-state index in [0.29, 0.717) is 0 Å². The molecule has 1 atom stereocenters. The van der Waals surface area contributed by atoms with Gasteiger partial charge in [0.25, 0.3) is 0 Å². The van der Waals surface area contributed by atoms with Crippen molar-refractivity contribution in [1.29, 1.82) is 0 Å². The van der Waals surface area contributed by atoms with E-state index in [1.165, 1.54) is 17.2 Å². The SMILES string of the molecule is CCNC(c1ccc(F)cc1C)c1cc(C)c(C)cc1Cl. The van der Waals surface area contributed by atoms with Crippen molar-refractivity contribution in [3.8, 4) is 0 Å². The molecule has 2 aromatic rings. The van der Waals surface area contributed by atoms with Crippen LogP contribution in [0.3, 0.4) is 0 Å². The van der Waals surface area contributed by atoms with E-state index < -0.39 is 0 Å². The molecule has 0 aliphatic carbocycles. The Morgan fingerprint density at radius 3 is 2.29 bits per heavy atom. The molecule has 0 bridgehead atoms. The lowest BCUT2D eigenvalue weighted by Crippen LogP contribution is -2.23. The third-order valence-corrected chi connectivity index (χ3v) is 4.20. The molecule has 0 heterocycles. The fourth-order valence-corrected chi connectivity index (χ4v) is 2.91. The van der Waals surface area contributed by atoms with Gasteiger partial charge in [-0.2, -0.15) is 0 Å². The molecule has 0 aromatic heterocycles. The minimum atomic E-state index is -0.210. The summed E-state index contributed by atoms with van der Waals surface area (Å²) in [5, 5.41) is 4.20. The van der Waals surface area contributed by atoms with Gasteiger partial charge in [-0.1, -0.05) is 30.7 Å². The second kappa shape index (κ2) is 6.59. The first kappa shape index (κ1) is 16.0. The van der Waals surface area contributed by atoms with Crippen molar-refractivity contribution in [2.75, 3.05) is 6.54 Å². The van der Waals surface area contributed by atoms with E-state index in [4.69, 9.17) is 11.6 Å². The Hall–Kier alpha value is -1.38. The lowest BCUT2D eigenvalue weighted by molar-refractivity contribution is 0.610. The second-order valence-corrected chi connectivity index (χ2v) is 5.86. The normalized spacial score (nSPS) is 12.5. The van der Waals surface area contributed by atoms with Crippen LogP contribution in [0.1, 0.15) is 40.8 Å². The molecule has 1 nitrogen and oxygen atoms in total. The van der Waals surface area contributed by atoms with Crippen LogP contribution < -0.4 is 5.32 Å². The Morgan fingerprint density at radius 1 is 1.00 bits per heavy atom. The zero-order chi connectivity index (χ0) is 15.6. The number of benzene rings is 2. The molecule has 0 aliphatic heterocycles. The zero-order valence-corrected chi connectivity index (χ0v) is 13.7. The number of hydrogen-bond donors (Lipinski definition) is 1. The predicted molar refractivity (Wildman–Crippen MR) is 87.6 cm³/mol. The first-order valence-corrected chi connectivity index (χ1v) is 7.58. The largest absolute Gasteiger partial charge is 0.306 e. The van der Waals surface area contributed by atoms with E-state index in [0.717, 1.165) is 28.3 Å². The number of halogens is 2. The standard InChI is InChI=1S/C18H21ClFN/c1-5-21-18(15-7-6-14(20)8-13(15)4)16-9-11(2)12(3)10-17(16)19/h6-10,18,21H,5H2,1-4H3. The van der Waals surface area contributed by atoms with E-state index in [9.17, 15) is 4.39 Å². The maximum atomic E-state index is 13.3. The van der Waals surface area contributed by atoms with Gasteiger partial charge in [-0.3, -0.25) is 0 Å². The fraction of sp³-hybridized carbons (Fsp3) is 0.333. The van der Waals surface area contributed by atoms with Gasteiger partial charge in [0.05, 0.1) is 6.04 Å². The summed E-state index contributed by atoms with van der Waals surface area (Å²) in [4.78, 5) is 0. The van der Waals surface area contributed by atoms with Gasteiger partial charge >= 0.3 is 0 Å². The fourth-order valence-electron chi connectivity index (χ4n) is 2.58. The van der Waals surface area contributed by atoms with Gasteiger partial charge in [0.2, 0.25) is 0 Å². The zero-order valence-electron chi connectivity index (χ0n) is 12.9. The van der Waals surface area contributed by atoms with E-state index in [-0.39, 0.29) is 11.9 Å². The first-order chi connectivity index (χ1) is 9.93. The molecule has 0 saturated heterocycles.